The van der Waals surface area contributed by atoms with Crippen molar-refractivity contribution in [3.05, 3.63) is 46.2 Å². The van der Waals surface area contributed by atoms with Crippen LogP contribution >= 0.6 is 11.3 Å². The fraction of sp³-hybridized carbons (Fsp3) is 0.421. The molecule has 0 unspecified atom stereocenters. The van der Waals surface area contributed by atoms with Crippen molar-refractivity contribution >= 4 is 17.2 Å². The summed E-state index contributed by atoms with van der Waals surface area (Å²) < 4.78 is 16.0. The molecular formula is C19H24N2O4S. The molecule has 0 spiro atoms. The van der Waals surface area contributed by atoms with E-state index in [0.29, 0.717) is 23.6 Å². The van der Waals surface area contributed by atoms with E-state index in [1.54, 1.807) is 43.8 Å². The topological polar surface area (TPSA) is 60.0 Å². The van der Waals surface area contributed by atoms with Crippen LogP contribution in [0.5, 0.6) is 11.5 Å². The highest BCUT2D eigenvalue weighted by Gasteiger charge is 2.24. The summed E-state index contributed by atoms with van der Waals surface area (Å²) >= 11 is 1.71. The zero-order valence-electron chi connectivity index (χ0n) is 15.1. The summed E-state index contributed by atoms with van der Waals surface area (Å²) in [7, 11) is 3.14. The monoisotopic (exact) mass is 376 g/mol. The molecule has 1 amide bonds. The van der Waals surface area contributed by atoms with Crippen LogP contribution in [0.1, 0.15) is 21.3 Å². The number of carbonyl (C=O) groups excluding carboxylic acids is 1. The number of ether oxygens (including phenoxy) is 3. The van der Waals surface area contributed by atoms with E-state index < -0.39 is 0 Å². The highest BCUT2D eigenvalue weighted by molar-refractivity contribution is 7.10. The smallest absolute Gasteiger partial charge is 0.251 e. The van der Waals surface area contributed by atoms with E-state index in [2.05, 4.69) is 21.7 Å². The molecule has 7 heteroatoms. The minimum atomic E-state index is -0.124. The van der Waals surface area contributed by atoms with Crippen molar-refractivity contribution in [1.82, 2.24) is 10.2 Å². The first-order valence-electron chi connectivity index (χ1n) is 8.58. The molecule has 0 aliphatic carbocycles. The third-order valence-corrected chi connectivity index (χ3v) is 5.43. The van der Waals surface area contributed by atoms with E-state index in [4.69, 9.17) is 14.2 Å². The molecule has 26 heavy (non-hydrogen) atoms. The first-order valence-corrected chi connectivity index (χ1v) is 9.46. The molecule has 1 fully saturated rings. The molecule has 0 bridgehead atoms. The Balaban J connectivity index is 1.69. The Morgan fingerprint density at radius 3 is 2.65 bits per heavy atom. The molecule has 1 aromatic carbocycles. The Kier molecular flexibility index (Phi) is 6.49. The number of thiophene rings is 1. The van der Waals surface area contributed by atoms with Crippen molar-refractivity contribution < 1.29 is 19.0 Å². The lowest BCUT2D eigenvalue weighted by atomic mass is 10.1. The highest BCUT2D eigenvalue weighted by Crippen LogP contribution is 2.28. The number of morpholine rings is 1. The van der Waals surface area contributed by atoms with E-state index in [9.17, 15) is 4.79 Å². The lowest BCUT2D eigenvalue weighted by Crippen LogP contribution is -2.43. The van der Waals surface area contributed by atoms with Crippen LogP contribution in [0.2, 0.25) is 0 Å². The van der Waals surface area contributed by atoms with Gasteiger partial charge in [-0.15, -0.1) is 11.3 Å². The molecule has 6 nitrogen and oxygen atoms in total. The van der Waals surface area contributed by atoms with E-state index in [0.717, 1.165) is 26.3 Å². The van der Waals surface area contributed by atoms with E-state index in [1.165, 1.54) is 4.88 Å². The number of hydrogen-bond acceptors (Lipinski definition) is 6. The Bertz CT molecular complexity index is 714. The fourth-order valence-corrected chi connectivity index (χ4v) is 3.91. The molecule has 1 aliphatic rings. The number of rotatable bonds is 7. The Labute approximate surface area is 157 Å². The highest BCUT2D eigenvalue weighted by atomic mass is 32.1. The quantitative estimate of drug-likeness (QED) is 0.805. The van der Waals surface area contributed by atoms with E-state index >= 15 is 0 Å². The molecule has 1 aromatic heterocycles. The van der Waals surface area contributed by atoms with Crippen LogP contribution in [-0.2, 0) is 4.74 Å². The van der Waals surface area contributed by atoms with Gasteiger partial charge in [0, 0.05) is 30.1 Å². The van der Waals surface area contributed by atoms with Crippen LogP contribution in [0.3, 0.4) is 0 Å². The second kappa shape index (κ2) is 9.02. The molecule has 2 aromatic rings. The van der Waals surface area contributed by atoms with Crippen LogP contribution in [-0.4, -0.2) is 57.9 Å². The molecule has 1 N–H and O–H groups in total. The van der Waals surface area contributed by atoms with Gasteiger partial charge in [-0.1, -0.05) is 6.07 Å². The van der Waals surface area contributed by atoms with Gasteiger partial charge in [0.15, 0.2) is 11.5 Å². The largest absolute Gasteiger partial charge is 0.493 e. The molecular weight excluding hydrogens is 352 g/mol. The first-order chi connectivity index (χ1) is 12.7. The molecule has 1 aliphatic heterocycles. The number of nitrogens with one attached hydrogen (secondary N) is 1. The number of methoxy groups -OCH3 is 2. The molecule has 0 saturated carbocycles. The third kappa shape index (κ3) is 4.35. The summed E-state index contributed by atoms with van der Waals surface area (Å²) in [5, 5.41) is 5.13. The zero-order valence-corrected chi connectivity index (χ0v) is 15.9. The van der Waals surface area contributed by atoms with Crippen LogP contribution in [0.4, 0.5) is 0 Å². The minimum Gasteiger partial charge on any atom is -0.493 e. The zero-order chi connectivity index (χ0) is 18.4. The van der Waals surface area contributed by atoms with Gasteiger partial charge >= 0.3 is 0 Å². The summed E-state index contributed by atoms with van der Waals surface area (Å²) in [5.41, 5.74) is 0.551. The Morgan fingerprint density at radius 1 is 1.23 bits per heavy atom. The van der Waals surface area contributed by atoms with Gasteiger partial charge in [0.05, 0.1) is 33.5 Å². The summed E-state index contributed by atoms with van der Waals surface area (Å²) in [5.74, 6) is 1.03. The van der Waals surface area contributed by atoms with Crippen molar-refractivity contribution in [1.29, 1.82) is 0 Å². The lowest BCUT2D eigenvalue weighted by molar-refractivity contribution is 0.0169. The second-order valence-electron chi connectivity index (χ2n) is 5.96. The number of carbonyl (C=O) groups is 1. The number of hydrogen-bond donors (Lipinski definition) is 1. The Morgan fingerprint density at radius 2 is 2.00 bits per heavy atom. The van der Waals surface area contributed by atoms with Crippen molar-refractivity contribution in [3.8, 4) is 11.5 Å². The van der Waals surface area contributed by atoms with Crippen molar-refractivity contribution in [3.63, 3.8) is 0 Å². The summed E-state index contributed by atoms with van der Waals surface area (Å²) in [6.07, 6.45) is 0. The van der Waals surface area contributed by atoms with Gasteiger partial charge in [-0.05, 0) is 29.6 Å². The molecule has 2 heterocycles. The first kappa shape index (κ1) is 18.7. The van der Waals surface area contributed by atoms with Crippen LogP contribution in [0.15, 0.2) is 35.7 Å². The van der Waals surface area contributed by atoms with Gasteiger partial charge in [0.1, 0.15) is 0 Å². The molecule has 0 radical (unpaired) electrons. The molecule has 140 valence electrons. The van der Waals surface area contributed by atoms with Gasteiger partial charge in [0.25, 0.3) is 5.91 Å². The Hall–Kier alpha value is -2.09. The van der Waals surface area contributed by atoms with Crippen molar-refractivity contribution in [2.24, 2.45) is 0 Å². The van der Waals surface area contributed by atoms with Crippen LogP contribution in [0.25, 0.3) is 0 Å². The van der Waals surface area contributed by atoms with Gasteiger partial charge in [-0.2, -0.15) is 0 Å². The molecule has 1 saturated heterocycles. The lowest BCUT2D eigenvalue weighted by Gasteiger charge is -2.34. The number of amides is 1. The van der Waals surface area contributed by atoms with Gasteiger partial charge in [0.2, 0.25) is 0 Å². The average Bonchev–Trinajstić information content (AvgIpc) is 3.22. The summed E-state index contributed by atoms with van der Waals surface area (Å²) in [4.78, 5) is 16.2. The number of nitrogens with zero attached hydrogens (tertiary/aromatic N) is 1. The molecule has 1 atom stereocenters. The minimum absolute atomic E-state index is 0.124. The maximum atomic E-state index is 12.6. The second-order valence-corrected chi connectivity index (χ2v) is 6.94. The summed E-state index contributed by atoms with van der Waals surface area (Å²) in [6, 6.07) is 9.50. The van der Waals surface area contributed by atoms with Crippen molar-refractivity contribution in [2.45, 2.75) is 6.04 Å². The predicted molar refractivity (Wildman–Crippen MR) is 101 cm³/mol. The maximum Gasteiger partial charge on any atom is 0.251 e. The van der Waals surface area contributed by atoms with Crippen LogP contribution < -0.4 is 14.8 Å². The summed E-state index contributed by atoms with van der Waals surface area (Å²) in [6.45, 7) is 3.74. The van der Waals surface area contributed by atoms with Crippen molar-refractivity contribution in [2.75, 3.05) is 47.1 Å². The fourth-order valence-electron chi connectivity index (χ4n) is 3.05. The van der Waals surface area contributed by atoms with E-state index in [-0.39, 0.29) is 11.9 Å². The SMILES string of the molecule is COc1ccc(C(=O)NC[C@@H](c2cccs2)N2CCOCC2)cc1OC. The van der Waals surface area contributed by atoms with Crippen LogP contribution in [0, 0.1) is 0 Å². The van der Waals surface area contributed by atoms with Gasteiger partial charge in [-0.25, -0.2) is 0 Å². The molecule has 3 rings (SSSR count). The van der Waals surface area contributed by atoms with E-state index in [1.807, 2.05) is 6.07 Å². The van der Waals surface area contributed by atoms with Gasteiger partial charge in [-0.3, -0.25) is 9.69 Å². The maximum absolute atomic E-state index is 12.6. The number of benzene rings is 1. The third-order valence-electron chi connectivity index (χ3n) is 4.46. The predicted octanol–water partition coefficient (Wildman–Crippen LogP) is 2.57. The normalized spacial score (nSPS) is 16.1. The average molecular weight is 376 g/mol. The standard InChI is InChI=1S/C19H24N2O4S/c1-23-16-6-5-14(12-17(16)24-2)19(22)20-13-15(18-4-3-11-26-18)21-7-9-25-10-8-21/h3-6,11-12,15H,7-10,13H2,1-2H3,(H,20,22)/t15-/m0/s1. The van der Waals surface area contributed by atoms with Gasteiger partial charge < -0.3 is 19.5 Å².